The second kappa shape index (κ2) is 7.85. The summed E-state index contributed by atoms with van der Waals surface area (Å²) in [7, 11) is 0. The van der Waals surface area contributed by atoms with Crippen LogP contribution in [0.1, 0.15) is 39.5 Å². The Labute approximate surface area is 83.0 Å². The molecule has 1 rings (SSSR count). The predicted octanol–water partition coefficient (Wildman–Crippen LogP) is 4.50. The lowest BCUT2D eigenvalue weighted by atomic mass is 9.98. The van der Waals surface area contributed by atoms with Crippen LogP contribution in [0.5, 0.6) is 0 Å². The van der Waals surface area contributed by atoms with Crippen molar-refractivity contribution in [1.29, 1.82) is 0 Å². The van der Waals surface area contributed by atoms with Gasteiger partial charge < -0.3 is 0 Å². The van der Waals surface area contributed by atoms with Crippen LogP contribution < -0.4 is 0 Å². The Hall–Kier alpha value is -0.780. The first-order valence-corrected chi connectivity index (χ1v) is 5.15. The van der Waals surface area contributed by atoms with Crippen LogP contribution in [0.15, 0.2) is 37.0 Å². The molecular weight excluding hydrogens is 156 g/mol. The summed E-state index contributed by atoms with van der Waals surface area (Å²) in [5.74, 6) is 0.836. The van der Waals surface area contributed by atoms with E-state index < -0.39 is 0 Å². The summed E-state index contributed by atoms with van der Waals surface area (Å²) < 4.78 is 0. The molecular formula is C13H22. The highest BCUT2D eigenvalue weighted by Gasteiger charge is 2.16. The normalized spacial score (nSPS) is 17.5. The number of hydrogen-bond donors (Lipinski definition) is 0. The zero-order valence-corrected chi connectivity index (χ0v) is 9.05. The maximum absolute atomic E-state index is 3.81. The molecule has 0 nitrogen and oxygen atoms in total. The number of rotatable bonds is 2. The molecule has 1 aliphatic rings. The predicted molar refractivity (Wildman–Crippen MR) is 61.8 cm³/mol. The summed E-state index contributed by atoms with van der Waals surface area (Å²) in [6.45, 7) is 11.2. The molecule has 0 aromatic heterocycles. The van der Waals surface area contributed by atoms with E-state index in [-0.39, 0.29) is 0 Å². The lowest BCUT2D eigenvalue weighted by Crippen LogP contribution is -1.94. The van der Waals surface area contributed by atoms with Gasteiger partial charge in [0.05, 0.1) is 0 Å². The second-order valence-corrected chi connectivity index (χ2v) is 3.38. The molecule has 0 bridgehead atoms. The molecule has 0 N–H and O–H groups in total. The van der Waals surface area contributed by atoms with Crippen molar-refractivity contribution in [2.24, 2.45) is 5.92 Å². The quantitative estimate of drug-likeness (QED) is 0.431. The summed E-state index contributed by atoms with van der Waals surface area (Å²) in [6.07, 6.45) is 11.5. The fourth-order valence-electron chi connectivity index (χ4n) is 1.78. The Morgan fingerprint density at radius 2 is 1.62 bits per heavy atom. The van der Waals surface area contributed by atoms with Crippen LogP contribution in [0.2, 0.25) is 0 Å². The fourth-order valence-corrected chi connectivity index (χ4v) is 1.78. The van der Waals surface area contributed by atoms with Crippen molar-refractivity contribution in [3.8, 4) is 0 Å². The average molecular weight is 178 g/mol. The third-order valence-corrected chi connectivity index (χ3v) is 2.40. The van der Waals surface area contributed by atoms with Gasteiger partial charge in [-0.3, -0.25) is 0 Å². The van der Waals surface area contributed by atoms with Crippen LogP contribution in [0, 0.1) is 5.92 Å². The van der Waals surface area contributed by atoms with Crippen LogP contribution in [0.3, 0.4) is 0 Å². The Morgan fingerprint density at radius 3 is 1.92 bits per heavy atom. The van der Waals surface area contributed by atoms with Crippen LogP contribution in [0.25, 0.3) is 0 Å². The molecule has 0 spiro atoms. The van der Waals surface area contributed by atoms with Gasteiger partial charge in [0.1, 0.15) is 0 Å². The van der Waals surface area contributed by atoms with Gasteiger partial charge in [0, 0.05) is 0 Å². The van der Waals surface area contributed by atoms with Crippen molar-refractivity contribution in [3.05, 3.63) is 37.0 Å². The van der Waals surface area contributed by atoms with Gasteiger partial charge in [-0.25, -0.2) is 0 Å². The van der Waals surface area contributed by atoms with E-state index in [1.807, 2.05) is 13.0 Å². The molecule has 74 valence electrons. The van der Waals surface area contributed by atoms with Crippen molar-refractivity contribution in [2.45, 2.75) is 39.5 Å². The van der Waals surface area contributed by atoms with Crippen LogP contribution >= 0.6 is 0 Å². The molecule has 1 fully saturated rings. The van der Waals surface area contributed by atoms with Crippen molar-refractivity contribution in [2.75, 3.05) is 0 Å². The topological polar surface area (TPSA) is 0 Å². The summed E-state index contributed by atoms with van der Waals surface area (Å²) in [4.78, 5) is 0. The minimum absolute atomic E-state index is 0.836. The molecule has 0 heteroatoms. The van der Waals surface area contributed by atoms with Crippen LogP contribution in [-0.2, 0) is 0 Å². The Bertz CT molecular complexity index is 168. The van der Waals surface area contributed by atoms with Crippen molar-refractivity contribution in [3.63, 3.8) is 0 Å². The zero-order chi connectivity index (χ0) is 10.1. The molecule has 13 heavy (non-hydrogen) atoms. The van der Waals surface area contributed by atoms with Crippen molar-refractivity contribution in [1.82, 2.24) is 0 Å². The van der Waals surface area contributed by atoms with Gasteiger partial charge in [-0.15, -0.1) is 6.58 Å². The van der Waals surface area contributed by atoms with Gasteiger partial charge in [-0.1, -0.05) is 37.6 Å². The zero-order valence-electron chi connectivity index (χ0n) is 9.05. The molecule has 0 aliphatic heterocycles. The molecule has 0 unspecified atom stereocenters. The minimum atomic E-state index is 0.836. The van der Waals surface area contributed by atoms with E-state index in [1.165, 1.54) is 31.3 Å². The highest BCUT2D eigenvalue weighted by Crippen LogP contribution is 2.31. The highest BCUT2D eigenvalue weighted by atomic mass is 14.2. The van der Waals surface area contributed by atoms with E-state index >= 15 is 0 Å². The summed E-state index contributed by atoms with van der Waals surface area (Å²) in [6, 6.07) is 0. The average Bonchev–Trinajstić information content (AvgIpc) is 2.61. The minimum Gasteiger partial charge on any atom is -0.103 e. The van der Waals surface area contributed by atoms with Gasteiger partial charge in [0.15, 0.2) is 0 Å². The smallest absolute Gasteiger partial charge is 0.0165 e. The number of allylic oxidation sites excluding steroid dienone is 4. The van der Waals surface area contributed by atoms with Crippen LogP contribution in [0.4, 0.5) is 0 Å². The first-order valence-electron chi connectivity index (χ1n) is 5.15. The lowest BCUT2D eigenvalue weighted by Gasteiger charge is -2.08. The standard InChI is InChI=1S/C10H16.C3H6/c1-3-9(4-2)10-7-5-6-8-10;1-3-2/h3-4,10H,1,5-8H2,2H3;3H,1H2,2H3/b9-4+;. The second-order valence-electron chi connectivity index (χ2n) is 3.38. The monoisotopic (exact) mass is 178 g/mol. The fraction of sp³-hybridized carbons (Fsp3) is 0.538. The van der Waals surface area contributed by atoms with E-state index in [9.17, 15) is 0 Å². The molecule has 0 aromatic carbocycles. The summed E-state index contributed by atoms with van der Waals surface area (Å²) >= 11 is 0. The molecule has 1 aliphatic carbocycles. The first-order chi connectivity index (χ1) is 6.29. The lowest BCUT2D eigenvalue weighted by molar-refractivity contribution is 0.657. The van der Waals surface area contributed by atoms with E-state index in [0.717, 1.165) is 5.92 Å². The highest BCUT2D eigenvalue weighted by molar-refractivity contribution is 5.19. The first kappa shape index (κ1) is 12.2. The molecule has 0 aromatic rings. The van der Waals surface area contributed by atoms with Gasteiger partial charge in [-0.05, 0) is 38.2 Å². The Kier molecular flexibility index (Phi) is 7.38. The van der Waals surface area contributed by atoms with E-state index in [2.05, 4.69) is 26.2 Å². The molecule has 0 radical (unpaired) electrons. The maximum Gasteiger partial charge on any atom is -0.0165 e. The maximum atomic E-state index is 3.81. The van der Waals surface area contributed by atoms with Gasteiger partial charge in [0.2, 0.25) is 0 Å². The molecule has 0 heterocycles. The summed E-state index contributed by atoms with van der Waals surface area (Å²) in [5.41, 5.74) is 1.46. The van der Waals surface area contributed by atoms with E-state index in [1.54, 1.807) is 6.08 Å². The van der Waals surface area contributed by atoms with E-state index in [0.29, 0.717) is 0 Å². The molecule has 0 atom stereocenters. The van der Waals surface area contributed by atoms with Crippen LogP contribution in [-0.4, -0.2) is 0 Å². The SMILES string of the molecule is C=C/C(=C\C)C1CCCC1.C=CC. The number of hydrogen-bond acceptors (Lipinski definition) is 0. The van der Waals surface area contributed by atoms with E-state index in [4.69, 9.17) is 0 Å². The van der Waals surface area contributed by atoms with Gasteiger partial charge in [-0.2, -0.15) is 0 Å². The third kappa shape index (κ3) is 4.72. The largest absolute Gasteiger partial charge is 0.103 e. The Morgan fingerprint density at radius 1 is 1.15 bits per heavy atom. The molecule has 0 amide bonds. The molecule has 1 saturated carbocycles. The van der Waals surface area contributed by atoms with Crippen molar-refractivity contribution < 1.29 is 0 Å². The summed E-state index contributed by atoms with van der Waals surface area (Å²) in [5, 5.41) is 0. The third-order valence-electron chi connectivity index (χ3n) is 2.40. The molecule has 0 saturated heterocycles. The van der Waals surface area contributed by atoms with Gasteiger partial charge >= 0.3 is 0 Å². The Balaban J connectivity index is 0.000000424. The van der Waals surface area contributed by atoms with Crippen molar-refractivity contribution >= 4 is 0 Å². The van der Waals surface area contributed by atoms with Gasteiger partial charge in [0.25, 0.3) is 0 Å².